The van der Waals surface area contributed by atoms with E-state index in [0.717, 1.165) is 24.3 Å². The lowest BCUT2D eigenvalue weighted by molar-refractivity contribution is -0.275. The lowest BCUT2D eigenvalue weighted by Gasteiger charge is -2.19. The van der Waals surface area contributed by atoms with E-state index in [0.29, 0.717) is 31.0 Å². The molecule has 3 aromatic carbocycles. The van der Waals surface area contributed by atoms with E-state index in [4.69, 9.17) is 0 Å². The Labute approximate surface area is 183 Å². The lowest BCUT2D eigenvalue weighted by Crippen LogP contribution is -2.22. The maximum atomic E-state index is 14.5. The Kier molecular flexibility index (Phi) is 6.85. The van der Waals surface area contributed by atoms with Crippen molar-refractivity contribution in [3.8, 4) is 22.6 Å². The SMILES string of the molecule is CCCc1ccc(-c2ccc(C(F)(F)Oc3ccc(OC(F)(F)F)c(F)c3)cc2)c(F)c1F. The van der Waals surface area contributed by atoms with Crippen molar-refractivity contribution in [1.82, 2.24) is 0 Å². The van der Waals surface area contributed by atoms with Crippen LogP contribution < -0.4 is 9.47 Å². The second kappa shape index (κ2) is 9.29. The van der Waals surface area contributed by atoms with E-state index >= 15 is 0 Å². The van der Waals surface area contributed by atoms with E-state index in [9.17, 15) is 35.1 Å². The van der Waals surface area contributed by atoms with Crippen LogP contribution in [0.15, 0.2) is 54.6 Å². The van der Waals surface area contributed by atoms with Crippen LogP contribution in [0.2, 0.25) is 0 Å². The van der Waals surface area contributed by atoms with Crippen LogP contribution in [0.5, 0.6) is 11.5 Å². The van der Waals surface area contributed by atoms with Crippen molar-refractivity contribution >= 4 is 0 Å². The van der Waals surface area contributed by atoms with Gasteiger partial charge < -0.3 is 9.47 Å². The summed E-state index contributed by atoms with van der Waals surface area (Å²) in [6, 6.07) is 8.34. The van der Waals surface area contributed by atoms with Crippen molar-refractivity contribution in [2.75, 3.05) is 0 Å². The number of alkyl halides is 5. The van der Waals surface area contributed by atoms with Crippen LogP contribution in [0.3, 0.4) is 0 Å². The molecule has 0 aromatic heterocycles. The Balaban J connectivity index is 1.80. The summed E-state index contributed by atoms with van der Waals surface area (Å²) in [5.74, 6) is -5.63. The summed E-state index contributed by atoms with van der Waals surface area (Å²) in [6.07, 6.45) is -8.21. The highest BCUT2D eigenvalue weighted by Crippen LogP contribution is 2.36. The molecule has 0 saturated carbocycles. The molecule has 0 fully saturated rings. The zero-order chi connectivity index (χ0) is 24.4. The first kappa shape index (κ1) is 24.3. The third kappa shape index (κ3) is 5.74. The van der Waals surface area contributed by atoms with Crippen molar-refractivity contribution in [2.24, 2.45) is 0 Å². The molecule has 0 saturated heterocycles. The maximum absolute atomic E-state index is 14.5. The number of halogens is 8. The highest BCUT2D eigenvalue weighted by Gasteiger charge is 2.36. The smallest absolute Gasteiger partial charge is 0.429 e. The molecule has 0 bridgehead atoms. The van der Waals surface area contributed by atoms with Crippen LogP contribution in [0, 0.1) is 17.5 Å². The summed E-state index contributed by atoms with van der Waals surface area (Å²) in [6.45, 7) is 1.81. The summed E-state index contributed by atoms with van der Waals surface area (Å²) in [7, 11) is 0. The Morgan fingerprint density at radius 2 is 1.42 bits per heavy atom. The van der Waals surface area contributed by atoms with Crippen LogP contribution in [0.1, 0.15) is 24.5 Å². The first-order valence-corrected chi connectivity index (χ1v) is 9.61. The fourth-order valence-corrected chi connectivity index (χ4v) is 3.08. The molecule has 0 aliphatic rings. The summed E-state index contributed by atoms with van der Waals surface area (Å²) >= 11 is 0. The van der Waals surface area contributed by atoms with Gasteiger partial charge in [0.15, 0.2) is 23.2 Å². The molecular formula is C23H16F8O2. The van der Waals surface area contributed by atoms with Gasteiger partial charge in [0.1, 0.15) is 5.75 Å². The quantitative estimate of drug-likeness (QED) is 0.325. The van der Waals surface area contributed by atoms with Gasteiger partial charge in [0.25, 0.3) is 0 Å². The first-order valence-electron chi connectivity index (χ1n) is 9.61. The fraction of sp³-hybridized carbons (Fsp3) is 0.217. The molecule has 0 amide bonds. The van der Waals surface area contributed by atoms with E-state index in [1.807, 2.05) is 6.92 Å². The molecule has 0 N–H and O–H groups in total. The molecule has 3 aromatic rings. The minimum atomic E-state index is -5.16. The molecule has 176 valence electrons. The van der Waals surface area contributed by atoms with Gasteiger partial charge in [-0.15, -0.1) is 13.2 Å². The Hall–Kier alpha value is -3.30. The monoisotopic (exact) mass is 476 g/mol. The van der Waals surface area contributed by atoms with Gasteiger partial charge in [0, 0.05) is 11.6 Å². The standard InChI is InChI=1S/C23H16F8O2/c1-2-3-14-6-10-17(21(26)20(14)25)13-4-7-15(8-5-13)22(27,28)32-16-9-11-19(18(24)12-16)33-23(29,30)31/h4-12H,2-3H2,1H3. The van der Waals surface area contributed by atoms with E-state index in [-0.39, 0.29) is 16.7 Å². The van der Waals surface area contributed by atoms with Gasteiger partial charge in [0.05, 0.1) is 5.56 Å². The minimum Gasteiger partial charge on any atom is -0.429 e. The van der Waals surface area contributed by atoms with Gasteiger partial charge in [-0.1, -0.05) is 37.6 Å². The first-order chi connectivity index (χ1) is 15.4. The molecule has 0 heterocycles. The number of rotatable bonds is 7. The zero-order valence-corrected chi connectivity index (χ0v) is 17.0. The van der Waals surface area contributed by atoms with E-state index in [1.54, 1.807) is 0 Å². The van der Waals surface area contributed by atoms with Gasteiger partial charge >= 0.3 is 12.5 Å². The third-order valence-corrected chi connectivity index (χ3v) is 4.59. The van der Waals surface area contributed by atoms with Gasteiger partial charge in [-0.3, -0.25) is 0 Å². The van der Waals surface area contributed by atoms with Gasteiger partial charge in [-0.05, 0) is 41.8 Å². The summed E-state index contributed by atoms with van der Waals surface area (Å²) in [4.78, 5) is 0. The van der Waals surface area contributed by atoms with E-state index in [1.165, 1.54) is 12.1 Å². The molecule has 0 aliphatic carbocycles. The largest absolute Gasteiger partial charge is 0.573 e. The normalized spacial score (nSPS) is 12.0. The zero-order valence-electron chi connectivity index (χ0n) is 17.0. The van der Waals surface area contributed by atoms with E-state index < -0.39 is 47.0 Å². The number of hydrogen-bond donors (Lipinski definition) is 0. The average Bonchev–Trinajstić information content (AvgIpc) is 2.73. The Bertz CT molecular complexity index is 1120. The van der Waals surface area contributed by atoms with Gasteiger partial charge in [-0.25, -0.2) is 13.2 Å². The highest BCUT2D eigenvalue weighted by molar-refractivity contribution is 5.65. The number of aryl methyl sites for hydroxylation is 1. The predicted molar refractivity (Wildman–Crippen MR) is 103 cm³/mol. The number of ether oxygens (including phenoxy) is 2. The van der Waals surface area contributed by atoms with Crippen molar-refractivity contribution in [3.05, 3.63) is 83.2 Å². The Morgan fingerprint density at radius 3 is 2.00 bits per heavy atom. The molecular weight excluding hydrogens is 460 g/mol. The second-order valence-corrected chi connectivity index (χ2v) is 6.99. The van der Waals surface area contributed by atoms with Crippen LogP contribution in [0.25, 0.3) is 11.1 Å². The molecule has 2 nitrogen and oxygen atoms in total. The van der Waals surface area contributed by atoms with Crippen molar-refractivity contribution in [3.63, 3.8) is 0 Å². The average molecular weight is 476 g/mol. The van der Waals surface area contributed by atoms with Crippen LogP contribution in [0.4, 0.5) is 35.1 Å². The van der Waals surface area contributed by atoms with Crippen molar-refractivity contribution < 1.29 is 44.6 Å². The molecule has 3 rings (SSSR count). The van der Waals surface area contributed by atoms with Crippen molar-refractivity contribution in [2.45, 2.75) is 32.2 Å². The second-order valence-electron chi connectivity index (χ2n) is 6.99. The third-order valence-electron chi connectivity index (χ3n) is 4.59. The molecule has 0 atom stereocenters. The van der Waals surface area contributed by atoms with Crippen LogP contribution in [-0.2, 0) is 12.5 Å². The summed E-state index contributed by atoms with van der Waals surface area (Å²) in [5.41, 5.74) is -0.487. The summed E-state index contributed by atoms with van der Waals surface area (Å²) < 4.78 is 116. The van der Waals surface area contributed by atoms with E-state index in [2.05, 4.69) is 9.47 Å². The number of benzene rings is 3. The maximum Gasteiger partial charge on any atom is 0.573 e. The fourth-order valence-electron chi connectivity index (χ4n) is 3.08. The van der Waals surface area contributed by atoms with Gasteiger partial charge in [0.2, 0.25) is 0 Å². The predicted octanol–water partition coefficient (Wildman–Crippen LogP) is 7.75. The topological polar surface area (TPSA) is 18.5 Å². The minimum absolute atomic E-state index is 0.120. The Morgan fingerprint density at radius 1 is 0.758 bits per heavy atom. The molecule has 0 unspecified atom stereocenters. The highest BCUT2D eigenvalue weighted by atomic mass is 19.4. The van der Waals surface area contributed by atoms with Crippen LogP contribution in [-0.4, -0.2) is 6.36 Å². The van der Waals surface area contributed by atoms with Gasteiger partial charge in [-0.2, -0.15) is 8.78 Å². The molecule has 10 heteroatoms. The summed E-state index contributed by atoms with van der Waals surface area (Å²) in [5, 5.41) is 0. The number of hydrogen-bond acceptors (Lipinski definition) is 2. The molecule has 0 radical (unpaired) electrons. The molecule has 0 spiro atoms. The lowest BCUT2D eigenvalue weighted by atomic mass is 9.99. The molecule has 0 aliphatic heterocycles. The van der Waals surface area contributed by atoms with Crippen LogP contribution >= 0.6 is 0 Å². The molecule has 33 heavy (non-hydrogen) atoms. The van der Waals surface area contributed by atoms with Crippen molar-refractivity contribution in [1.29, 1.82) is 0 Å².